The molecular weight excluding hydrogens is 382 g/mol. The summed E-state index contributed by atoms with van der Waals surface area (Å²) in [6.45, 7) is 6.68. The summed E-state index contributed by atoms with van der Waals surface area (Å²) in [6, 6.07) is 7.26. The molecule has 2 heterocycles. The van der Waals surface area contributed by atoms with Crippen LogP contribution in [0.1, 0.15) is 37.2 Å². The Morgan fingerprint density at radius 1 is 1.13 bits per heavy atom. The highest BCUT2D eigenvalue weighted by molar-refractivity contribution is 6.05. The second-order valence-corrected chi connectivity index (χ2v) is 7.91. The zero-order valence-corrected chi connectivity index (χ0v) is 18.3. The summed E-state index contributed by atoms with van der Waals surface area (Å²) in [5, 5.41) is 5.37. The van der Waals surface area contributed by atoms with Crippen molar-refractivity contribution in [3.63, 3.8) is 0 Å². The van der Waals surface area contributed by atoms with Crippen LogP contribution in [0.25, 0.3) is 10.8 Å². The van der Waals surface area contributed by atoms with Gasteiger partial charge in [-0.3, -0.25) is 19.3 Å². The van der Waals surface area contributed by atoms with Crippen LogP contribution in [0.5, 0.6) is 0 Å². The second kappa shape index (κ2) is 9.38. The number of amides is 2. The molecule has 1 aliphatic rings. The Balaban J connectivity index is 2.03. The Kier molecular flexibility index (Phi) is 6.87. The Morgan fingerprint density at radius 3 is 2.47 bits per heavy atom. The number of likely N-dealkylation sites (tertiary alicyclic amines) is 1. The van der Waals surface area contributed by atoms with Crippen LogP contribution in [0.4, 0.5) is 0 Å². The van der Waals surface area contributed by atoms with Crippen LogP contribution in [0.3, 0.4) is 0 Å². The van der Waals surface area contributed by atoms with Gasteiger partial charge in [0.2, 0.25) is 5.91 Å². The summed E-state index contributed by atoms with van der Waals surface area (Å²) in [7, 11) is 3.37. The fraction of sp³-hybridized carbons (Fsp3) is 0.545. The molecular formula is C22H31N5O3. The molecule has 30 heavy (non-hydrogen) atoms. The van der Waals surface area contributed by atoms with Gasteiger partial charge in [0.25, 0.3) is 11.5 Å². The number of aromatic nitrogens is 2. The first kappa shape index (κ1) is 22.0. The van der Waals surface area contributed by atoms with E-state index in [-0.39, 0.29) is 35.7 Å². The van der Waals surface area contributed by atoms with Crippen molar-refractivity contribution in [2.24, 2.45) is 0 Å². The van der Waals surface area contributed by atoms with Gasteiger partial charge in [0.15, 0.2) is 5.69 Å². The Morgan fingerprint density at radius 2 is 1.83 bits per heavy atom. The molecule has 0 bridgehead atoms. The molecule has 8 nitrogen and oxygen atoms in total. The maximum Gasteiger partial charge on any atom is 0.275 e. The number of hydrogen-bond donors (Lipinski definition) is 0. The van der Waals surface area contributed by atoms with Gasteiger partial charge >= 0.3 is 0 Å². The molecule has 0 aliphatic carbocycles. The zero-order valence-electron chi connectivity index (χ0n) is 18.3. The third kappa shape index (κ3) is 4.38. The average Bonchev–Trinajstić information content (AvgIpc) is 3.20. The molecule has 1 aliphatic heterocycles. The maximum atomic E-state index is 13.6. The summed E-state index contributed by atoms with van der Waals surface area (Å²) in [5.41, 5.74) is 0.00757. The number of carbonyl (C=O) groups excluding carboxylic acids is 2. The molecule has 0 saturated carbocycles. The number of hydrogen-bond acceptors (Lipinski definition) is 5. The normalized spacial score (nSPS) is 16.7. The highest BCUT2D eigenvalue weighted by Crippen LogP contribution is 2.20. The molecule has 0 spiro atoms. The number of likely N-dealkylation sites (N-methyl/N-ethyl adjacent to an activating group) is 2. The quantitative estimate of drug-likeness (QED) is 0.686. The minimum Gasteiger partial charge on any atom is -0.347 e. The molecule has 1 fully saturated rings. The average molecular weight is 414 g/mol. The van der Waals surface area contributed by atoms with Gasteiger partial charge in [-0.25, -0.2) is 4.68 Å². The lowest BCUT2D eigenvalue weighted by molar-refractivity contribution is -0.129. The van der Waals surface area contributed by atoms with Crippen LogP contribution in [0.2, 0.25) is 0 Å². The molecule has 1 aromatic heterocycles. The number of nitrogens with zero attached hydrogens (tertiary/aromatic N) is 5. The molecule has 0 N–H and O–H groups in total. The zero-order chi connectivity index (χ0) is 21.8. The van der Waals surface area contributed by atoms with Crippen LogP contribution >= 0.6 is 0 Å². The third-order valence-corrected chi connectivity index (χ3v) is 5.82. The van der Waals surface area contributed by atoms with E-state index in [1.54, 1.807) is 43.3 Å². The summed E-state index contributed by atoms with van der Waals surface area (Å²) in [6.07, 6.45) is 2.08. The first-order valence-corrected chi connectivity index (χ1v) is 10.6. The SMILES string of the molecule is CCN1CCCC1CN(CC(=O)N(C)C)C(=O)c1nn(CC)c(=O)c2ccccc12. The van der Waals surface area contributed by atoms with E-state index < -0.39 is 0 Å². The highest BCUT2D eigenvalue weighted by atomic mass is 16.2. The van der Waals surface area contributed by atoms with Gasteiger partial charge in [-0.15, -0.1) is 0 Å². The van der Waals surface area contributed by atoms with Gasteiger partial charge in [-0.1, -0.05) is 25.1 Å². The van der Waals surface area contributed by atoms with Gasteiger partial charge in [0.1, 0.15) is 6.54 Å². The largest absolute Gasteiger partial charge is 0.347 e. The molecule has 1 atom stereocenters. The standard InChI is InChI=1S/C22H31N5O3/c1-5-25-13-9-10-16(25)14-26(15-19(28)24(3)4)22(30)20-17-11-7-8-12-18(17)21(29)27(6-2)23-20/h7-8,11-12,16H,5-6,9-10,13-15H2,1-4H3. The fourth-order valence-corrected chi connectivity index (χ4v) is 4.05. The van der Waals surface area contributed by atoms with Gasteiger partial charge < -0.3 is 9.80 Å². The third-order valence-electron chi connectivity index (χ3n) is 5.82. The molecule has 2 amide bonds. The van der Waals surface area contributed by atoms with Crippen LogP contribution < -0.4 is 5.56 Å². The predicted molar refractivity (Wildman–Crippen MR) is 117 cm³/mol. The van der Waals surface area contributed by atoms with Crippen molar-refractivity contribution in [2.75, 3.05) is 40.3 Å². The number of benzene rings is 1. The van der Waals surface area contributed by atoms with E-state index in [0.29, 0.717) is 23.9 Å². The van der Waals surface area contributed by atoms with E-state index >= 15 is 0 Å². The predicted octanol–water partition coefficient (Wildman–Crippen LogP) is 1.43. The summed E-state index contributed by atoms with van der Waals surface area (Å²) >= 11 is 0. The van der Waals surface area contributed by atoms with E-state index in [9.17, 15) is 14.4 Å². The van der Waals surface area contributed by atoms with Crippen molar-refractivity contribution in [3.8, 4) is 0 Å². The lowest BCUT2D eigenvalue weighted by Gasteiger charge is -2.30. The molecule has 1 unspecified atom stereocenters. The number of rotatable bonds is 7. The second-order valence-electron chi connectivity index (χ2n) is 7.91. The van der Waals surface area contributed by atoms with Crippen molar-refractivity contribution in [1.82, 2.24) is 24.5 Å². The fourth-order valence-electron chi connectivity index (χ4n) is 4.05. The molecule has 0 radical (unpaired) electrons. The monoisotopic (exact) mass is 413 g/mol. The van der Waals surface area contributed by atoms with Gasteiger partial charge in [0.05, 0.1) is 5.39 Å². The Bertz CT molecular complexity index is 984. The van der Waals surface area contributed by atoms with Gasteiger partial charge in [-0.05, 0) is 38.9 Å². The first-order valence-electron chi connectivity index (χ1n) is 10.6. The van der Waals surface area contributed by atoms with Gasteiger partial charge in [-0.2, -0.15) is 5.10 Å². The van der Waals surface area contributed by atoms with E-state index in [4.69, 9.17) is 0 Å². The smallest absolute Gasteiger partial charge is 0.275 e. The van der Waals surface area contributed by atoms with Crippen LogP contribution in [0, 0.1) is 0 Å². The molecule has 2 aromatic rings. The summed E-state index contributed by atoms with van der Waals surface area (Å²) in [4.78, 5) is 44.2. The molecule has 1 saturated heterocycles. The maximum absolute atomic E-state index is 13.6. The number of fused-ring (bicyclic) bond motifs is 1. The van der Waals surface area contributed by atoms with Crippen LogP contribution in [-0.4, -0.2) is 82.6 Å². The molecule has 162 valence electrons. The van der Waals surface area contributed by atoms with Crippen molar-refractivity contribution < 1.29 is 9.59 Å². The molecule has 8 heteroatoms. The van der Waals surface area contributed by atoms with Crippen LogP contribution in [0.15, 0.2) is 29.1 Å². The van der Waals surface area contributed by atoms with Crippen molar-refractivity contribution in [3.05, 3.63) is 40.3 Å². The van der Waals surface area contributed by atoms with Crippen molar-refractivity contribution in [2.45, 2.75) is 39.3 Å². The van der Waals surface area contributed by atoms with Crippen LogP contribution in [-0.2, 0) is 11.3 Å². The first-order chi connectivity index (χ1) is 14.4. The van der Waals surface area contributed by atoms with E-state index in [1.165, 1.54) is 9.58 Å². The van der Waals surface area contributed by atoms with Crippen molar-refractivity contribution in [1.29, 1.82) is 0 Å². The minimum atomic E-state index is -0.313. The number of aryl methyl sites for hydroxylation is 1. The topological polar surface area (TPSA) is 78.8 Å². The van der Waals surface area contributed by atoms with E-state index in [1.807, 2.05) is 6.92 Å². The number of carbonyl (C=O) groups is 2. The highest BCUT2D eigenvalue weighted by Gasteiger charge is 2.30. The summed E-state index contributed by atoms with van der Waals surface area (Å²) < 4.78 is 1.31. The Hall–Kier alpha value is -2.74. The van der Waals surface area contributed by atoms with Gasteiger partial charge in [0, 0.05) is 38.6 Å². The lowest BCUT2D eigenvalue weighted by Crippen LogP contribution is -2.47. The van der Waals surface area contributed by atoms with E-state index in [0.717, 1.165) is 25.9 Å². The molecule has 3 rings (SSSR count). The Labute approximate surface area is 177 Å². The lowest BCUT2D eigenvalue weighted by atomic mass is 10.1. The minimum absolute atomic E-state index is 0.0128. The van der Waals surface area contributed by atoms with E-state index in [2.05, 4.69) is 16.9 Å². The molecule has 1 aromatic carbocycles. The van der Waals surface area contributed by atoms with Crippen molar-refractivity contribution >= 4 is 22.6 Å². The summed E-state index contributed by atoms with van der Waals surface area (Å²) in [5.74, 6) is -0.455.